The molecule has 6 heteroatoms. The van der Waals surface area contributed by atoms with Gasteiger partial charge in [-0.1, -0.05) is 38.1 Å². The number of carboxylic acid groups (broad SMARTS) is 1. The zero-order valence-corrected chi connectivity index (χ0v) is 12.9. The molecule has 0 saturated carbocycles. The lowest BCUT2D eigenvalue weighted by Crippen LogP contribution is -2.16. The third-order valence-electron chi connectivity index (χ3n) is 2.96. The zero-order chi connectivity index (χ0) is 17.6. The maximum Gasteiger partial charge on any atom is 0.573 e. The number of rotatable bonds is 3. The van der Waals surface area contributed by atoms with Crippen LogP contribution in [0.5, 0.6) is 5.75 Å². The number of ether oxygens (including phenoxy) is 1. The van der Waals surface area contributed by atoms with Crippen LogP contribution < -0.4 is 4.74 Å². The molecule has 0 spiro atoms. The van der Waals surface area contributed by atoms with Gasteiger partial charge in [0, 0.05) is 0 Å². The summed E-state index contributed by atoms with van der Waals surface area (Å²) in [5.74, 6) is -1.37. The molecule has 0 aliphatic carbocycles. The normalized spacial score (nSPS) is 10.5. The van der Waals surface area contributed by atoms with E-state index in [1.54, 1.807) is 19.1 Å². The summed E-state index contributed by atoms with van der Waals surface area (Å²) in [5, 5.41) is 9.06. The summed E-state index contributed by atoms with van der Waals surface area (Å²) in [4.78, 5) is 11.1. The SMILES string of the molecule is CC.Cc1c(C(=O)O)cccc1-c1ccc(OC(F)(F)F)cc1. The van der Waals surface area contributed by atoms with Crippen LogP contribution in [0.1, 0.15) is 29.8 Å². The van der Waals surface area contributed by atoms with Gasteiger partial charge in [-0.2, -0.15) is 0 Å². The number of carboxylic acids is 1. The molecule has 0 amide bonds. The first-order valence-electron chi connectivity index (χ1n) is 6.97. The van der Waals surface area contributed by atoms with Gasteiger partial charge in [0.2, 0.25) is 0 Å². The van der Waals surface area contributed by atoms with E-state index in [1.807, 2.05) is 13.8 Å². The molecule has 2 aromatic rings. The molecule has 0 aromatic heterocycles. The van der Waals surface area contributed by atoms with Crippen LogP contribution in [0.4, 0.5) is 13.2 Å². The molecule has 1 N–H and O–H groups in total. The fourth-order valence-electron chi connectivity index (χ4n) is 2.02. The molecule has 3 nitrogen and oxygen atoms in total. The molecule has 0 radical (unpaired) electrons. The molecule has 0 aliphatic heterocycles. The minimum atomic E-state index is -4.74. The number of aromatic carboxylic acids is 1. The van der Waals surface area contributed by atoms with Gasteiger partial charge in [-0.25, -0.2) is 4.79 Å². The molecule has 124 valence electrons. The van der Waals surface area contributed by atoms with E-state index in [0.29, 0.717) is 16.7 Å². The molecule has 2 rings (SSSR count). The first kappa shape index (κ1) is 18.5. The van der Waals surface area contributed by atoms with Crippen LogP contribution in [-0.4, -0.2) is 17.4 Å². The second-order valence-corrected chi connectivity index (χ2v) is 4.36. The molecule has 23 heavy (non-hydrogen) atoms. The number of hydrogen-bond donors (Lipinski definition) is 1. The van der Waals surface area contributed by atoms with E-state index in [9.17, 15) is 18.0 Å². The van der Waals surface area contributed by atoms with Crippen LogP contribution in [0.2, 0.25) is 0 Å². The highest BCUT2D eigenvalue weighted by Gasteiger charge is 2.30. The molecule has 0 bridgehead atoms. The van der Waals surface area contributed by atoms with Crippen molar-refractivity contribution in [1.82, 2.24) is 0 Å². The van der Waals surface area contributed by atoms with Crippen molar-refractivity contribution in [2.24, 2.45) is 0 Å². The van der Waals surface area contributed by atoms with Gasteiger partial charge >= 0.3 is 12.3 Å². The van der Waals surface area contributed by atoms with Gasteiger partial charge in [0.05, 0.1) is 5.56 Å². The summed E-state index contributed by atoms with van der Waals surface area (Å²) in [7, 11) is 0. The van der Waals surface area contributed by atoms with Crippen molar-refractivity contribution in [1.29, 1.82) is 0 Å². The van der Waals surface area contributed by atoms with Gasteiger partial charge < -0.3 is 9.84 Å². The topological polar surface area (TPSA) is 46.5 Å². The van der Waals surface area contributed by atoms with Crippen molar-refractivity contribution >= 4 is 5.97 Å². The Kier molecular flexibility index (Phi) is 6.18. The fourth-order valence-corrected chi connectivity index (χ4v) is 2.02. The Morgan fingerprint density at radius 3 is 2.09 bits per heavy atom. The molecule has 0 fully saturated rings. The van der Waals surface area contributed by atoms with E-state index >= 15 is 0 Å². The summed E-state index contributed by atoms with van der Waals surface area (Å²) >= 11 is 0. The van der Waals surface area contributed by atoms with Crippen LogP contribution in [0.25, 0.3) is 11.1 Å². The summed E-state index contributed by atoms with van der Waals surface area (Å²) in [5.41, 5.74) is 1.97. The molecule has 0 saturated heterocycles. The van der Waals surface area contributed by atoms with Gasteiger partial charge in [-0.15, -0.1) is 13.2 Å². The monoisotopic (exact) mass is 326 g/mol. The van der Waals surface area contributed by atoms with E-state index in [-0.39, 0.29) is 11.3 Å². The van der Waals surface area contributed by atoms with Gasteiger partial charge in [-0.3, -0.25) is 0 Å². The predicted molar refractivity (Wildman–Crippen MR) is 81.6 cm³/mol. The van der Waals surface area contributed by atoms with E-state index in [0.717, 1.165) is 0 Å². The lowest BCUT2D eigenvalue weighted by Gasteiger charge is -2.11. The van der Waals surface area contributed by atoms with Crippen molar-refractivity contribution in [2.45, 2.75) is 27.1 Å². The van der Waals surface area contributed by atoms with E-state index < -0.39 is 12.3 Å². The van der Waals surface area contributed by atoms with Crippen LogP contribution in [0.3, 0.4) is 0 Å². The van der Waals surface area contributed by atoms with E-state index in [1.165, 1.54) is 30.3 Å². The molecule has 2 aromatic carbocycles. The van der Waals surface area contributed by atoms with Crippen LogP contribution in [0.15, 0.2) is 42.5 Å². The molecule has 0 aliphatic rings. The largest absolute Gasteiger partial charge is 0.573 e. The number of hydrogen-bond acceptors (Lipinski definition) is 2. The average molecular weight is 326 g/mol. The summed E-state index contributed by atoms with van der Waals surface area (Å²) in [6.45, 7) is 5.65. The highest BCUT2D eigenvalue weighted by Crippen LogP contribution is 2.29. The Morgan fingerprint density at radius 1 is 1.04 bits per heavy atom. The van der Waals surface area contributed by atoms with Crippen molar-refractivity contribution in [3.05, 3.63) is 53.6 Å². The van der Waals surface area contributed by atoms with E-state index in [4.69, 9.17) is 5.11 Å². The standard InChI is InChI=1S/C15H11F3O3.C2H6/c1-9-12(3-2-4-13(9)14(19)20)10-5-7-11(8-6-10)21-15(16,17)18;1-2/h2-8H,1H3,(H,19,20);1-2H3. The van der Waals surface area contributed by atoms with Crippen molar-refractivity contribution < 1.29 is 27.8 Å². The predicted octanol–water partition coefficient (Wildman–Crippen LogP) is 5.29. The molecule has 0 unspecified atom stereocenters. The number of alkyl halides is 3. The number of benzene rings is 2. The lowest BCUT2D eigenvalue weighted by molar-refractivity contribution is -0.274. The fraction of sp³-hybridized carbons (Fsp3) is 0.235. The lowest BCUT2D eigenvalue weighted by atomic mass is 9.96. The average Bonchev–Trinajstić information content (AvgIpc) is 2.49. The smallest absolute Gasteiger partial charge is 0.478 e. The van der Waals surface area contributed by atoms with Crippen LogP contribution in [0, 0.1) is 6.92 Å². The highest BCUT2D eigenvalue weighted by atomic mass is 19.4. The third-order valence-corrected chi connectivity index (χ3v) is 2.96. The Bertz CT molecular complexity index is 662. The minimum absolute atomic E-state index is 0.156. The van der Waals surface area contributed by atoms with Gasteiger partial charge in [0.25, 0.3) is 0 Å². The third kappa shape index (κ3) is 5.02. The highest BCUT2D eigenvalue weighted by molar-refractivity contribution is 5.92. The number of carbonyl (C=O) groups is 1. The second kappa shape index (κ2) is 7.67. The van der Waals surface area contributed by atoms with Gasteiger partial charge in [-0.05, 0) is 41.8 Å². The molecule has 0 heterocycles. The van der Waals surface area contributed by atoms with Crippen LogP contribution in [-0.2, 0) is 0 Å². The summed E-state index contributed by atoms with van der Waals surface area (Å²) < 4.78 is 40.0. The first-order chi connectivity index (χ1) is 10.8. The second-order valence-electron chi connectivity index (χ2n) is 4.36. The molecule has 0 atom stereocenters. The van der Waals surface area contributed by atoms with Gasteiger partial charge in [0.15, 0.2) is 0 Å². The van der Waals surface area contributed by atoms with Crippen LogP contribution >= 0.6 is 0 Å². The summed E-state index contributed by atoms with van der Waals surface area (Å²) in [6, 6.07) is 10.1. The quantitative estimate of drug-likeness (QED) is 0.834. The minimum Gasteiger partial charge on any atom is -0.478 e. The van der Waals surface area contributed by atoms with E-state index in [2.05, 4.69) is 4.74 Å². The van der Waals surface area contributed by atoms with Crippen molar-refractivity contribution in [2.75, 3.05) is 0 Å². The molecular weight excluding hydrogens is 309 g/mol. The Labute approximate surface area is 132 Å². The molecular formula is C17H17F3O3. The summed E-state index contributed by atoms with van der Waals surface area (Å²) in [6.07, 6.45) is -4.74. The Morgan fingerprint density at radius 2 is 1.61 bits per heavy atom. The van der Waals surface area contributed by atoms with Crippen molar-refractivity contribution in [3.8, 4) is 16.9 Å². The maximum atomic E-state index is 12.1. The number of halogens is 3. The maximum absolute atomic E-state index is 12.1. The first-order valence-corrected chi connectivity index (χ1v) is 6.97. The Balaban J connectivity index is 0.00000127. The van der Waals surface area contributed by atoms with Crippen molar-refractivity contribution in [3.63, 3.8) is 0 Å². The Hall–Kier alpha value is -2.50. The van der Waals surface area contributed by atoms with Gasteiger partial charge in [0.1, 0.15) is 5.75 Å². The zero-order valence-electron chi connectivity index (χ0n) is 12.9.